The van der Waals surface area contributed by atoms with Crippen molar-refractivity contribution < 1.29 is 23.8 Å². The summed E-state index contributed by atoms with van der Waals surface area (Å²) in [6.07, 6.45) is 2.50. The van der Waals surface area contributed by atoms with Gasteiger partial charge in [0.05, 0.1) is 33.9 Å². The number of carbonyl (C=O) groups excluding carboxylic acids is 2. The molecule has 0 N–H and O–H groups in total. The van der Waals surface area contributed by atoms with E-state index in [1.807, 2.05) is 40.6 Å². The summed E-state index contributed by atoms with van der Waals surface area (Å²) in [7, 11) is 4.82. The fourth-order valence-electron chi connectivity index (χ4n) is 3.50. The fraction of sp³-hybridized carbons (Fsp3) is 0.500. The number of benzene rings is 1. The highest BCUT2D eigenvalue weighted by Gasteiger charge is 2.34. The molecule has 1 aromatic carbocycles. The van der Waals surface area contributed by atoms with Crippen molar-refractivity contribution in [1.82, 2.24) is 9.80 Å². The van der Waals surface area contributed by atoms with E-state index in [0.29, 0.717) is 44.2 Å². The third-order valence-electron chi connectivity index (χ3n) is 5.53. The van der Waals surface area contributed by atoms with Crippen LogP contribution in [-0.2, 0) is 27.3 Å². The van der Waals surface area contributed by atoms with Gasteiger partial charge in [-0.3, -0.25) is 9.59 Å². The second-order valence-corrected chi connectivity index (χ2v) is 8.89. The first-order chi connectivity index (χ1) is 15.5. The van der Waals surface area contributed by atoms with E-state index in [-0.39, 0.29) is 24.3 Å². The molecular formula is C24H32N2O5S. The number of methoxy groups -OCH3 is 3. The molecule has 2 aromatic rings. The van der Waals surface area contributed by atoms with Crippen molar-refractivity contribution in [3.8, 4) is 11.5 Å². The van der Waals surface area contributed by atoms with Crippen LogP contribution in [0, 0.1) is 5.92 Å². The molecule has 3 rings (SSSR count). The third-order valence-corrected chi connectivity index (χ3v) is 6.39. The summed E-state index contributed by atoms with van der Waals surface area (Å²) in [6, 6.07) is 9.81. The van der Waals surface area contributed by atoms with E-state index in [0.717, 1.165) is 23.3 Å². The second-order valence-electron chi connectivity index (χ2n) is 7.86. The molecule has 32 heavy (non-hydrogen) atoms. The van der Waals surface area contributed by atoms with Crippen LogP contribution < -0.4 is 9.47 Å². The van der Waals surface area contributed by atoms with Crippen molar-refractivity contribution in [1.29, 1.82) is 0 Å². The summed E-state index contributed by atoms with van der Waals surface area (Å²) in [4.78, 5) is 30.6. The molecule has 0 bridgehead atoms. The predicted octanol–water partition coefficient (Wildman–Crippen LogP) is 3.22. The van der Waals surface area contributed by atoms with Gasteiger partial charge in [0, 0.05) is 31.0 Å². The van der Waals surface area contributed by atoms with Crippen LogP contribution in [-0.4, -0.2) is 69.2 Å². The molecular weight excluding hydrogens is 428 g/mol. The molecule has 1 aromatic heterocycles. The molecule has 1 aliphatic rings. The Morgan fingerprint density at radius 1 is 1.03 bits per heavy atom. The van der Waals surface area contributed by atoms with Crippen LogP contribution in [0.3, 0.4) is 0 Å². The Morgan fingerprint density at radius 2 is 1.81 bits per heavy atom. The van der Waals surface area contributed by atoms with Gasteiger partial charge in [0.25, 0.3) is 0 Å². The molecule has 1 fully saturated rings. The zero-order chi connectivity index (χ0) is 22.9. The smallest absolute Gasteiger partial charge is 0.242 e. The maximum Gasteiger partial charge on any atom is 0.242 e. The zero-order valence-electron chi connectivity index (χ0n) is 19.0. The lowest BCUT2D eigenvalue weighted by Gasteiger charge is -2.27. The van der Waals surface area contributed by atoms with Crippen LogP contribution in [0.1, 0.15) is 23.3 Å². The summed E-state index contributed by atoms with van der Waals surface area (Å²) in [5, 5.41) is 2.01. The number of carbonyl (C=O) groups is 2. The molecule has 174 valence electrons. The number of amides is 2. The Morgan fingerprint density at radius 3 is 2.44 bits per heavy atom. The molecule has 0 spiro atoms. The monoisotopic (exact) mass is 460 g/mol. The molecule has 8 heteroatoms. The van der Waals surface area contributed by atoms with Crippen molar-refractivity contribution >= 4 is 23.2 Å². The van der Waals surface area contributed by atoms with E-state index in [1.54, 1.807) is 37.6 Å². The summed E-state index contributed by atoms with van der Waals surface area (Å²) in [5.74, 6) is 1.42. The normalized spacial score (nSPS) is 13.0. The molecule has 0 aliphatic heterocycles. The number of thiophene rings is 1. The first-order valence-electron chi connectivity index (χ1n) is 10.8. The van der Waals surface area contributed by atoms with Crippen LogP contribution in [0.25, 0.3) is 0 Å². The topological polar surface area (TPSA) is 68.3 Å². The fourth-order valence-corrected chi connectivity index (χ4v) is 4.22. The van der Waals surface area contributed by atoms with Crippen molar-refractivity contribution in [3.05, 3.63) is 46.2 Å². The Hall–Kier alpha value is -2.58. The van der Waals surface area contributed by atoms with E-state index in [1.165, 1.54) is 0 Å². The van der Waals surface area contributed by atoms with Crippen LogP contribution in [0.2, 0.25) is 0 Å². The highest BCUT2D eigenvalue weighted by Crippen LogP contribution is 2.31. The van der Waals surface area contributed by atoms with Crippen LogP contribution in [0.4, 0.5) is 0 Å². The summed E-state index contributed by atoms with van der Waals surface area (Å²) in [6.45, 7) is 2.00. The zero-order valence-corrected chi connectivity index (χ0v) is 19.9. The van der Waals surface area contributed by atoms with Gasteiger partial charge in [-0.2, -0.15) is 0 Å². The molecule has 0 saturated heterocycles. The van der Waals surface area contributed by atoms with E-state index < -0.39 is 0 Å². The highest BCUT2D eigenvalue weighted by atomic mass is 32.1. The van der Waals surface area contributed by atoms with Gasteiger partial charge in [0.2, 0.25) is 11.8 Å². The Labute approximate surface area is 193 Å². The van der Waals surface area contributed by atoms with Gasteiger partial charge in [0.1, 0.15) is 0 Å². The maximum absolute atomic E-state index is 13.3. The first kappa shape index (κ1) is 24.1. The van der Waals surface area contributed by atoms with Crippen molar-refractivity contribution in [2.45, 2.75) is 25.8 Å². The van der Waals surface area contributed by atoms with E-state index in [2.05, 4.69) is 0 Å². The lowest BCUT2D eigenvalue weighted by molar-refractivity contribution is -0.142. The summed E-state index contributed by atoms with van der Waals surface area (Å²) >= 11 is 1.62. The molecule has 0 atom stereocenters. The molecule has 7 nitrogen and oxygen atoms in total. The van der Waals surface area contributed by atoms with Gasteiger partial charge in [-0.1, -0.05) is 12.1 Å². The molecule has 1 saturated carbocycles. The van der Waals surface area contributed by atoms with Gasteiger partial charge in [-0.15, -0.1) is 11.3 Å². The second kappa shape index (κ2) is 11.9. The van der Waals surface area contributed by atoms with E-state index >= 15 is 0 Å². The Kier molecular flexibility index (Phi) is 8.93. The molecule has 1 aliphatic carbocycles. The highest BCUT2D eigenvalue weighted by molar-refractivity contribution is 7.09. The van der Waals surface area contributed by atoms with E-state index in [9.17, 15) is 9.59 Å². The average molecular weight is 461 g/mol. The van der Waals surface area contributed by atoms with Crippen LogP contribution >= 0.6 is 11.3 Å². The number of hydrogen-bond donors (Lipinski definition) is 0. The predicted molar refractivity (Wildman–Crippen MR) is 124 cm³/mol. The number of hydrogen-bond acceptors (Lipinski definition) is 6. The van der Waals surface area contributed by atoms with Gasteiger partial charge in [0.15, 0.2) is 11.5 Å². The minimum atomic E-state index is -0.0519. The van der Waals surface area contributed by atoms with Crippen molar-refractivity contribution in [2.24, 2.45) is 5.92 Å². The number of rotatable bonds is 13. The molecule has 2 amide bonds. The number of nitrogens with zero attached hydrogens (tertiary/aromatic N) is 2. The Balaban J connectivity index is 1.69. The Bertz CT molecular complexity index is 883. The molecule has 0 unspecified atom stereocenters. The largest absolute Gasteiger partial charge is 0.493 e. The van der Waals surface area contributed by atoms with Gasteiger partial charge < -0.3 is 24.0 Å². The minimum Gasteiger partial charge on any atom is -0.493 e. The van der Waals surface area contributed by atoms with Crippen molar-refractivity contribution in [3.63, 3.8) is 0 Å². The van der Waals surface area contributed by atoms with Gasteiger partial charge >= 0.3 is 0 Å². The quantitative estimate of drug-likeness (QED) is 0.459. The summed E-state index contributed by atoms with van der Waals surface area (Å²) < 4.78 is 15.9. The summed E-state index contributed by atoms with van der Waals surface area (Å²) in [5.41, 5.74) is 1.05. The lowest BCUT2D eigenvalue weighted by atomic mass is 10.1. The third kappa shape index (κ3) is 6.71. The number of ether oxygens (including phenoxy) is 3. The lowest BCUT2D eigenvalue weighted by Crippen LogP contribution is -2.45. The van der Waals surface area contributed by atoms with Crippen LogP contribution in [0.15, 0.2) is 35.7 Å². The molecule has 1 heterocycles. The van der Waals surface area contributed by atoms with Gasteiger partial charge in [-0.05, 0) is 48.4 Å². The van der Waals surface area contributed by atoms with E-state index in [4.69, 9.17) is 14.2 Å². The minimum absolute atomic E-state index is 0.0519. The van der Waals surface area contributed by atoms with Crippen LogP contribution in [0.5, 0.6) is 11.5 Å². The standard InChI is InChI=1S/C24H32N2O5S/c1-29-13-12-26(24(28)19-7-8-19)17-23(27)25(16-20-5-4-14-32-20)11-10-18-6-9-21(30-2)22(15-18)31-3/h4-6,9,14-15,19H,7-8,10-13,16-17H2,1-3H3. The SMILES string of the molecule is COCCN(CC(=O)N(CCc1ccc(OC)c(OC)c1)Cc1cccs1)C(=O)C1CC1. The molecule has 0 radical (unpaired) electrons. The maximum atomic E-state index is 13.3. The average Bonchev–Trinajstić information content (AvgIpc) is 3.54. The van der Waals surface area contributed by atoms with Gasteiger partial charge in [-0.25, -0.2) is 0 Å². The first-order valence-corrected chi connectivity index (χ1v) is 11.7. The van der Waals surface area contributed by atoms with Crippen molar-refractivity contribution in [2.75, 3.05) is 47.6 Å².